The van der Waals surface area contributed by atoms with E-state index < -0.39 is 0 Å². The minimum atomic E-state index is -0.361. The van der Waals surface area contributed by atoms with Crippen LogP contribution in [0.1, 0.15) is 10.4 Å². The van der Waals surface area contributed by atoms with Crippen LogP contribution in [0.2, 0.25) is 10.3 Å². The number of morpholine rings is 1. The standard InChI is InChI=1S/C15H14Cl2N4O2/c16-12-3-2-11(14(17)20-12)15(22)19-10-1-4-13(18-9-10)21-5-7-23-8-6-21/h1-4,9H,5-8H2,(H,19,22). The number of aromatic nitrogens is 2. The summed E-state index contributed by atoms with van der Waals surface area (Å²) in [5.41, 5.74) is 0.839. The highest BCUT2D eigenvalue weighted by atomic mass is 35.5. The Morgan fingerprint density at radius 2 is 1.96 bits per heavy atom. The number of pyridine rings is 2. The first-order chi connectivity index (χ1) is 11.1. The van der Waals surface area contributed by atoms with E-state index in [1.165, 1.54) is 12.1 Å². The quantitative estimate of drug-likeness (QED) is 0.860. The van der Waals surface area contributed by atoms with Gasteiger partial charge in [0.05, 0.1) is 30.7 Å². The van der Waals surface area contributed by atoms with Gasteiger partial charge in [-0.3, -0.25) is 4.79 Å². The van der Waals surface area contributed by atoms with Gasteiger partial charge in [-0.05, 0) is 24.3 Å². The van der Waals surface area contributed by atoms with E-state index in [4.69, 9.17) is 27.9 Å². The van der Waals surface area contributed by atoms with Gasteiger partial charge >= 0.3 is 0 Å². The zero-order chi connectivity index (χ0) is 16.2. The maximum Gasteiger partial charge on any atom is 0.258 e. The lowest BCUT2D eigenvalue weighted by Crippen LogP contribution is -2.36. The smallest absolute Gasteiger partial charge is 0.258 e. The van der Waals surface area contributed by atoms with Crippen molar-refractivity contribution in [3.05, 3.63) is 46.3 Å². The lowest BCUT2D eigenvalue weighted by atomic mass is 10.2. The minimum absolute atomic E-state index is 0.0629. The van der Waals surface area contributed by atoms with E-state index >= 15 is 0 Å². The van der Waals surface area contributed by atoms with Crippen LogP contribution in [0, 0.1) is 0 Å². The molecule has 1 amide bonds. The van der Waals surface area contributed by atoms with Gasteiger partial charge in [0.15, 0.2) is 0 Å². The molecule has 1 N–H and O–H groups in total. The molecule has 0 aromatic carbocycles. The number of rotatable bonds is 3. The topological polar surface area (TPSA) is 67.4 Å². The Morgan fingerprint density at radius 3 is 2.61 bits per heavy atom. The summed E-state index contributed by atoms with van der Waals surface area (Å²) in [5, 5.41) is 3.04. The molecule has 8 heteroatoms. The molecule has 1 aliphatic heterocycles. The van der Waals surface area contributed by atoms with Crippen LogP contribution in [-0.4, -0.2) is 42.2 Å². The van der Waals surface area contributed by atoms with E-state index in [-0.39, 0.29) is 21.8 Å². The van der Waals surface area contributed by atoms with Crippen LogP contribution < -0.4 is 10.2 Å². The Bertz CT molecular complexity index is 703. The summed E-state index contributed by atoms with van der Waals surface area (Å²) in [5.74, 6) is 0.498. The first-order valence-electron chi connectivity index (χ1n) is 7.05. The number of nitrogens with one attached hydrogen (secondary N) is 1. The molecule has 1 aliphatic rings. The number of carbonyl (C=O) groups is 1. The first-order valence-corrected chi connectivity index (χ1v) is 7.81. The van der Waals surface area contributed by atoms with Crippen molar-refractivity contribution >= 4 is 40.6 Å². The van der Waals surface area contributed by atoms with Gasteiger partial charge in [-0.15, -0.1) is 0 Å². The molecule has 3 heterocycles. The third kappa shape index (κ3) is 3.90. The van der Waals surface area contributed by atoms with Gasteiger partial charge in [0.1, 0.15) is 16.1 Å². The largest absolute Gasteiger partial charge is 0.378 e. The van der Waals surface area contributed by atoms with E-state index in [0.717, 1.165) is 18.9 Å². The molecule has 0 bridgehead atoms. The van der Waals surface area contributed by atoms with Gasteiger partial charge in [-0.25, -0.2) is 9.97 Å². The summed E-state index contributed by atoms with van der Waals surface area (Å²) >= 11 is 11.6. The molecular weight excluding hydrogens is 339 g/mol. The average molecular weight is 353 g/mol. The summed E-state index contributed by atoms with van der Waals surface area (Å²) < 4.78 is 5.31. The third-order valence-electron chi connectivity index (χ3n) is 3.40. The number of anilines is 2. The molecule has 120 valence electrons. The molecule has 1 fully saturated rings. The van der Waals surface area contributed by atoms with Crippen LogP contribution in [0.5, 0.6) is 0 Å². The second-order valence-corrected chi connectivity index (χ2v) is 5.68. The van der Waals surface area contributed by atoms with Crippen molar-refractivity contribution < 1.29 is 9.53 Å². The van der Waals surface area contributed by atoms with E-state index in [1.54, 1.807) is 12.3 Å². The minimum Gasteiger partial charge on any atom is -0.378 e. The fraction of sp³-hybridized carbons (Fsp3) is 0.267. The SMILES string of the molecule is O=C(Nc1ccc(N2CCOCC2)nc1)c1ccc(Cl)nc1Cl. The lowest BCUT2D eigenvalue weighted by Gasteiger charge is -2.27. The van der Waals surface area contributed by atoms with Crippen molar-refractivity contribution in [3.63, 3.8) is 0 Å². The maximum absolute atomic E-state index is 12.2. The van der Waals surface area contributed by atoms with Crippen LogP contribution in [0.4, 0.5) is 11.5 Å². The van der Waals surface area contributed by atoms with E-state index in [1.807, 2.05) is 6.07 Å². The molecule has 0 spiro atoms. The molecule has 1 saturated heterocycles. The van der Waals surface area contributed by atoms with Crippen molar-refractivity contribution in [1.29, 1.82) is 0 Å². The van der Waals surface area contributed by atoms with Gasteiger partial charge in [0.2, 0.25) is 0 Å². The molecule has 3 rings (SSSR count). The fourth-order valence-corrected chi connectivity index (χ4v) is 2.65. The van der Waals surface area contributed by atoms with Crippen molar-refractivity contribution in [2.45, 2.75) is 0 Å². The highest BCUT2D eigenvalue weighted by Crippen LogP contribution is 2.19. The number of hydrogen-bond donors (Lipinski definition) is 1. The molecule has 2 aromatic heterocycles. The summed E-state index contributed by atoms with van der Waals surface area (Å²) in [6, 6.07) is 6.71. The number of ether oxygens (including phenoxy) is 1. The second kappa shape index (κ2) is 7.12. The third-order valence-corrected chi connectivity index (χ3v) is 3.90. The van der Waals surface area contributed by atoms with Crippen molar-refractivity contribution in [2.75, 3.05) is 36.5 Å². The Kier molecular flexibility index (Phi) is 4.95. The van der Waals surface area contributed by atoms with Gasteiger partial charge < -0.3 is 15.0 Å². The zero-order valence-electron chi connectivity index (χ0n) is 12.1. The number of halogens is 2. The Balaban J connectivity index is 1.69. The number of nitrogens with zero attached hydrogens (tertiary/aromatic N) is 3. The van der Waals surface area contributed by atoms with Crippen molar-refractivity contribution in [2.24, 2.45) is 0 Å². The van der Waals surface area contributed by atoms with Gasteiger partial charge in [-0.1, -0.05) is 23.2 Å². The monoisotopic (exact) mass is 352 g/mol. The molecule has 0 radical (unpaired) electrons. The average Bonchev–Trinajstić information content (AvgIpc) is 2.56. The highest BCUT2D eigenvalue weighted by molar-refractivity contribution is 6.35. The zero-order valence-corrected chi connectivity index (χ0v) is 13.6. The summed E-state index contributed by atoms with van der Waals surface area (Å²) in [6.07, 6.45) is 1.61. The highest BCUT2D eigenvalue weighted by Gasteiger charge is 2.14. The summed E-state index contributed by atoms with van der Waals surface area (Å²) in [6.45, 7) is 3.01. The Hall–Kier alpha value is -1.89. The Morgan fingerprint density at radius 1 is 1.17 bits per heavy atom. The van der Waals surface area contributed by atoms with Crippen LogP contribution in [0.25, 0.3) is 0 Å². The van der Waals surface area contributed by atoms with Crippen LogP contribution >= 0.6 is 23.2 Å². The van der Waals surface area contributed by atoms with Gasteiger partial charge in [-0.2, -0.15) is 0 Å². The van der Waals surface area contributed by atoms with Crippen molar-refractivity contribution in [3.8, 4) is 0 Å². The van der Waals surface area contributed by atoms with E-state index in [2.05, 4.69) is 20.2 Å². The second-order valence-electron chi connectivity index (χ2n) is 4.93. The maximum atomic E-state index is 12.2. The molecule has 0 aliphatic carbocycles. The van der Waals surface area contributed by atoms with Crippen LogP contribution in [0.15, 0.2) is 30.5 Å². The first kappa shape index (κ1) is 16.0. The Labute approximate surface area is 143 Å². The van der Waals surface area contributed by atoms with Gasteiger partial charge in [0, 0.05) is 13.1 Å². The summed E-state index contributed by atoms with van der Waals surface area (Å²) in [7, 11) is 0. The normalized spacial score (nSPS) is 14.6. The molecule has 0 saturated carbocycles. The lowest BCUT2D eigenvalue weighted by molar-refractivity contribution is 0.102. The molecule has 6 nitrogen and oxygen atoms in total. The predicted molar refractivity (Wildman–Crippen MR) is 89.5 cm³/mol. The molecule has 2 aromatic rings. The summed E-state index contributed by atoms with van der Waals surface area (Å²) in [4.78, 5) is 22.6. The number of carbonyl (C=O) groups excluding carboxylic acids is 1. The van der Waals surface area contributed by atoms with Gasteiger partial charge in [0.25, 0.3) is 5.91 Å². The molecular formula is C15H14Cl2N4O2. The number of amides is 1. The molecule has 23 heavy (non-hydrogen) atoms. The molecule has 0 unspecified atom stereocenters. The molecule has 0 atom stereocenters. The van der Waals surface area contributed by atoms with Crippen molar-refractivity contribution in [1.82, 2.24) is 9.97 Å². The van der Waals surface area contributed by atoms with Crippen LogP contribution in [0.3, 0.4) is 0 Å². The van der Waals surface area contributed by atoms with Crippen LogP contribution in [-0.2, 0) is 4.74 Å². The van der Waals surface area contributed by atoms with E-state index in [0.29, 0.717) is 18.9 Å². The fourth-order valence-electron chi connectivity index (χ4n) is 2.22. The van der Waals surface area contributed by atoms with E-state index in [9.17, 15) is 4.79 Å². The number of hydrogen-bond acceptors (Lipinski definition) is 5. The predicted octanol–water partition coefficient (Wildman–Crippen LogP) is 2.87.